The quantitative estimate of drug-likeness (QED) is 0.637. The molecule has 0 unspecified atom stereocenters. The lowest BCUT2D eigenvalue weighted by molar-refractivity contribution is -0.198. The van der Waals surface area contributed by atoms with Crippen LogP contribution in [0.2, 0.25) is 0 Å². The van der Waals surface area contributed by atoms with E-state index >= 15 is 0 Å². The number of carbonyl (C=O) groups is 1. The summed E-state index contributed by atoms with van der Waals surface area (Å²) in [6, 6.07) is 0. The Morgan fingerprint density at radius 3 is 2.10 bits per heavy atom. The van der Waals surface area contributed by atoms with E-state index in [2.05, 4.69) is 13.8 Å². The lowest BCUT2D eigenvalue weighted by Crippen LogP contribution is -2.53. The lowest BCUT2D eigenvalue weighted by atomic mass is 9.67. The van der Waals surface area contributed by atoms with E-state index in [1.165, 1.54) is 6.42 Å². The Bertz CT molecular complexity index is 338. The average Bonchev–Trinajstić information content (AvgIpc) is 2.45. The molecule has 3 nitrogen and oxygen atoms in total. The van der Waals surface area contributed by atoms with Crippen LogP contribution in [0.5, 0.6) is 0 Å². The van der Waals surface area contributed by atoms with Gasteiger partial charge in [0.2, 0.25) is 0 Å². The van der Waals surface area contributed by atoms with Gasteiger partial charge in [-0.2, -0.15) is 0 Å². The summed E-state index contributed by atoms with van der Waals surface area (Å²) in [5.74, 6) is -0.0588. The van der Waals surface area contributed by atoms with Gasteiger partial charge >= 0.3 is 5.97 Å². The van der Waals surface area contributed by atoms with Gasteiger partial charge in [-0.3, -0.25) is 4.79 Å². The molecule has 124 valence electrons. The molecule has 0 spiro atoms. The molecule has 0 aliphatic heterocycles. The van der Waals surface area contributed by atoms with Gasteiger partial charge in [0.15, 0.2) is 0 Å². The predicted octanol–water partition coefficient (Wildman–Crippen LogP) is 4.73. The SMILES string of the molecule is CCOCC(C)(C)C1(OC(=O)C(C)(C)CC)CCCCC1. The largest absolute Gasteiger partial charge is 0.458 e. The van der Waals surface area contributed by atoms with Gasteiger partial charge in [-0.05, 0) is 52.9 Å². The molecule has 1 saturated carbocycles. The van der Waals surface area contributed by atoms with Crippen LogP contribution in [-0.2, 0) is 14.3 Å². The normalized spacial score (nSPS) is 19.3. The zero-order chi connectivity index (χ0) is 16.1. The molecule has 0 aromatic carbocycles. The summed E-state index contributed by atoms with van der Waals surface area (Å²) in [5.41, 5.74) is -0.932. The first-order valence-electron chi connectivity index (χ1n) is 8.52. The van der Waals surface area contributed by atoms with Gasteiger partial charge in [-0.25, -0.2) is 0 Å². The molecular weight excluding hydrogens is 264 g/mol. The molecule has 0 amide bonds. The second-order valence-corrected chi connectivity index (χ2v) is 7.70. The third-order valence-electron chi connectivity index (χ3n) is 5.29. The first kappa shape index (κ1) is 18.5. The summed E-state index contributed by atoms with van der Waals surface area (Å²) in [5, 5.41) is 0. The second kappa shape index (κ2) is 7.13. The standard InChI is InChI=1S/C18H34O3/c1-7-16(3,4)15(19)21-18(12-10-9-11-13-18)17(5,6)14-20-8-2/h7-14H2,1-6H3. The van der Waals surface area contributed by atoms with Gasteiger partial charge < -0.3 is 9.47 Å². The molecule has 3 heteroatoms. The van der Waals surface area contributed by atoms with Crippen LogP contribution in [0.3, 0.4) is 0 Å². The Labute approximate surface area is 130 Å². The Hall–Kier alpha value is -0.570. The van der Waals surface area contributed by atoms with E-state index in [1.807, 2.05) is 27.7 Å². The summed E-state index contributed by atoms with van der Waals surface area (Å²) in [6.45, 7) is 13.7. The van der Waals surface area contributed by atoms with Crippen LogP contribution in [0.4, 0.5) is 0 Å². The van der Waals surface area contributed by atoms with E-state index in [-0.39, 0.29) is 17.0 Å². The van der Waals surface area contributed by atoms with E-state index in [1.54, 1.807) is 0 Å². The molecule has 1 fully saturated rings. The zero-order valence-corrected chi connectivity index (χ0v) is 14.9. The van der Waals surface area contributed by atoms with Gasteiger partial charge in [-0.15, -0.1) is 0 Å². The lowest BCUT2D eigenvalue weighted by Gasteiger charge is -2.49. The van der Waals surface area contributed by atoms with E-state index in [0.717, 1.165) is 32.1 Å². The van der Waals surface area contributed by atoms with Crippen LogP contribution in [0.15, 0.2) is 0 Å². The fraction of sp³-hybridized carbons (Fsp3) is 0.944. The summed E-state index contributed by atoms with van der Waals surface area (Å²) < 4.78 is 11.9. The van der Waals surface area contributed by atoms with Crippen LogP contribution < -0.4 is 0 Å². The van der Waals surface area contributed by atoms with Crippen molar-refractivity contribution in [3.63, 3.8) is 0 Å². The number of ether oxygens (including phenoxy) is 2. The van der Waals surface area contributed by atoms with Crippen molar-refractivity contribution < 1.29 is 14.3 Å². The molecule has 0 bridgehead atoms. The molecule has 0 atom stereocenters. The zero-order valence-electron chi connectivity index (χ0n) is 14.9. The number of carbonyl (C=O) groups excluding carboxylic acids is 1. The minimum atomic E-state index is -0.411. The molecule has 0 aromatic rings. The fourth-order valence-electron chi connectivity index (χ4n) is 2.99. The van der Waals surface area contributed by atoms with Crippen molar-refractivity contribution in [2.24, 2.45) is 10.8 Å². The van der Waals surface area contributed by atoms with Crippen molar-refractivity contribution in [3.05, 3.63) is 0 Å². The first-order valence-corrected chi connectivity index (χ1v) is 8.52. The van der Waals surface area contributed by atoms with Crippen LogP contribution >= 0.6 is 0 Å². The van der Waals surface area contributed by atoms with Gasteiger partial charge in [0.25, 0.3) is 0 Å². The van der Waals surface area contributed by atoms with Crippen molar-refractivity contribution >= 4 is 5.97 Å². The predicted molar refractivity (Wildman–Crippen MR) is 86.3 cm³/mol. The van der Waals surface area contributed by atoms with E-state index in [9.17, 15) is 4.79 Å². The Morgan fingerprint density at radius 1 is 1.05 bits per heavy atom. The van der Waals surface area contributed by atoms with E-state index in [4.69, 9.17) is 9.47 Å². The number of hydrogen-bond acceptors (Lipinski definition) is 3. The maximum Gasteiger partial charge on any atom is 0.312 e. The van der Waals surface area contributed by atoms with Crippen LogP contribution in [0.25, 0.3) is 0 Å². The van der Waals surface area contributed by atoms with Gasteiger partial charge in [-0.1, -0.05) is 27.2 Å². The topological polar surface area (TPSA) is 35.5 Å². The number of hydrogen-bond donors (Lipinski definition) is 0. The summed E-state index contributed by atoms with van der Waals surface area (Å²) in [6.07, 6.45) is 6.22. The van der Waals surface area contributed by atoms with Crippen molar-refractivity contribution in [3.8, 4) is 0 Å². The molecule has 0 heterocycles. The number of rotatable bonds is 7. The molecule has 1 aliphatic carbocycles. The first-order chi connectivity index (χ1) is 9.71. The summed E-state index contributed by atoms with van der Waals surface area (Å²) >= 11 is 0. The maximum atomic E-state index is 12.6. The third kappa shape index (κ3) is 4.21. The highest BCUT2D eigenvalue weighted by atomic mass is 16.6. The van der Waals surface area contributed by atoms with Gasteiger partial charge in [0.1, 0.15) is 5.60 Å². The smallest absolute Gasteiger partial charge is 0.312 e. The van der Waals surface area contributed by atoms with E-state index < -0.39 is 5.41 Å². The third-order valence-corrected chi connectivity index (χ3v) is 5.29. The van der Waals surface area contributed by atoms with Crippen LogP contribution in [-0.4, -0.2) is 24.8 Å². The average molecular weight is 298 g/mol. The monoisotopic (exact) mass is 298 g/mol. The minimum absolute atomic E-state index is 0.0588. The van der Waals surface area contributed by atoms with Crippen LogP contribution in [0, 0.1) is 10.8 Å². The molecule has 21 heavy (non-hydrogen) atoms. The van der Waals surface area contributed by atoms with E-state index in [0.29, 0.717) is 13.2 Å². The Kier molecular flexibility index (Phi) is 6.27. The minimum Gasteiger partial charge on any atom is -0.458 e. The van der Waals surface area contributed by atoms with Gasteiger partial charge in [0, 0.05) is 12.0 Å². The Morgan fingerprint density at radius 2 is 1.62 bits per heavy atom. The highest BCUT2D eigenvalue weighted by Gasteiger charge is 2.50. The molecule has 0 saturated heterocycles. The summed E-state index contributed by atoms with van der Waals surface area (Å²) in [7, 11) is 0. The van der Waals surface area contributed by atoms with Gasteiger partial charge in [0.05, 0.1) is 12.0 Å². The maximum absolute atomic E-state index is 12.6. The fourth-order valence-corrected chi connectivity index (χ4v) is 2.99. The molecule has 0 N–H and O–H groups in total. The highest BCUT2D eigenvalue weighted by molar-refractivity contribution is 5.76. The molecule has 0 aromatic heterocycles. The highest BCUT2D eigenvalue weighted by Crippen LogP contribution is 2.46. The molecular formula is C18H34O3. The van der Waals surface area contributed by atoms with Crippen molar-refractivity contribution in [2.75, 3.05) is 13.2 Å². The van der Waals surface area contributed by atoms with Crippen LogP contribution in [0.1, 0.15) is 80.1 Å². The summed E-state index contributed by atoms with van der Waals surface area (Å²) in [4.78, 5) is 12.6. The Balaban J connectivity index is 2.96. The molecule has 0 radical (unpaired) electrons. The van der Waals surface area contributed by atoms with Crippen molar-refractivity contribution in [1.82, 2.24) is 0 Å². The van der Waals surface area contributed by atoms with Crippen molar-refractivity contribution in [1.29, 1.82) is 0 Å². The van der Waals surface area contributed by atoms with Crippen molar-refractivity contribution in [2.45, 2.75) is 85.7 Å². The molecule has 1 rings (SSSR count). The molecule has 1 aliphatic rings. The second-order valence-electron chi connectivity index (χ2n) is 7.70. The number of esters is 1.